The summed E-state index contributed by atoms with van der Waals surface area (Å²) in [5, 5.41) is 0. The van der Waals surface area contributed by atoms with E-state index in [0.29, 0.717) is 10.8 Å². The van der Waals surface area contributed by atoms with E-state index in [1.165, 1.54) is 17.8 Å². The van der Waals surface area contributed by atoms with Crippen molar-refractivity contribution in [1.82, 2.24) is 4.90 Å². The van der Waals surface area contributed by atoms with Gasteiger partial charge in [0.15, 0.2) is 0 Å². The van der Waals surface area contributed by atoms with Crippen LogP contribution in [0.25, 0.3) is 0 Å². The van der Waals surface area contributed by atoms with Crippen LogP contribution < -0.4 is 5.73 Å². The van der Waals surface area contributed by atoms with E-state index in [0.717, 1.165) is 42.1 Å². The van der Waals surface area contributed by atoms with Gasteiger partial charge in [-0.05, 0) is 50.7 Å². The number of nitrogens with two attached hydrogens (primary N) is 1. The Hall–Kier alpha value is -0.000000000000000222. The molecule has 2 rings (SSSR count). The molecular weight excluding hydrogens is 363 g/mol. The summed E-state index contributed by atoms with van der Waals surface area (Å²) in [6, 6.07) is 2.13. The number of halogens is 3. The molecule has 1 aromatic rings. The molecule has 1 amide bonds. The Morgan fingerprint density at radius 1 is 1.50 bits per heavy atom. The molecule has 0 radical (unpaired) electrons. The van der Waals surface area contributed by atoms with Crippen LogP contribution in [0.3, 0.4) is 0 Å². The van der Waals surface area contributed by atoms with Crippen molar-refractivity contribution >= 4 is 52.9 Å². The Kier molecular flexibility index (Phi) is 8.50. The summed E-state index contributed by atoms with van der Waals surface area (Å²) in [5.74, 6) is 0.217. The zero-order valence-electron chi connectivity index (χ0n) is 12.7. The second kappa shape index (κ2) is 9.33. The van der Waals surface area contributed by atoms with Crippen LogP contribution in [0.4, 0.5) is 0 Å². The number of hydrogen-bond acceptors (Lipinski definition) is 3. The highest BCUT2D eigenvalue weighted by Crippen LogP contribution is 2.32. The van der Waals surface area contributed by atoms with E-state index in [1.807, 2.05) is 17.9 Å². The Balaban J connectivity index is 0.00000242. The first-order valence-electron chi connectivity index (χ1n) is 7.48. The summed E-state index contributed by atoms with van der Waals surface area (Å²) in [7, 11) is 0. The Morgan fingerprint density at radius 3 is 2.82 bits per heavy atom. The third-order valence-corrected chi connectivity index (χ3v) is 5.61. The average Bonchev–Trinajstić information content (AvgIpc) is 2.77. The van der Waals surface area contributed by atoms with Gasteiger partial charge in [-0.2, -0.15) is 0 Å². The van der Waals surface area contributed by atoms with Crippen molar-refractivity contribution in [3.05, 3.63) is 20.3 Å². The fourth-order valence-electron chi connectivity index (χ4n) is 2.93. The highest BCUT2D eigenvalue weighted by Gasteiger charge is 2.28. The summed E-state index contributed by atoms with van der Waals surface area (Å²) >= 11 is 13.4. The predicted molar refractivity (Wildman–Crippen MR) is 97.5 cm³/mol. The van der Waals surface area contributed by atoms with Crippen LogP contribution in [0, 0.1) is 0 Å². The summed E-state index contributed by atoms with van der Waals surface area (Å²) in [4.78, 5) is 14.4. The number of carbonyl (C=O) groups is 1. The van der Waals surface area contributed by atoms with E-state index < -0.39 is 0 Å². The summed E-state index contributed by atoms with van der Waals surface area (Å²) in [6.45, 7) is 2.83. The van der Waals surface area contributed by atoms with Gasteiger partial charge in [-0.1, -0.05) is 23.2 Å². The number of thiophene rings is 1. The molecule has 0 saturated carbocycles. The van der Waals surface area contributed by atoms with Gasteiger partial charge in [-0.25, -0.2) is 0 Å². The number of aryl methyl sites for hydroxylation is 1. The van der Waals surface area contributed by atoms with E-state index in [9.17, 15) is 4.79 Å². The van der Waals surface area contributed by atoms with Gasteiger partial charge in [0.25, 0.3) is 0 Å². The molecule has 0 aromatic carbocycles. The first-order valence-corrected chi connectivity index (χ1v) is 9.05. The van der Waals surface area contributed by atoms with Gasteiger partial charge < -0.3 is 10.6 Å². The highest BCUT2D eigenvalue weighted by molar-refractivity contribution is 7.20. The van der Waals surface area contributed by atoms with Crippen molar-refractivity contribution in [1.29, 1.82) is 0 Å². The maximum absolute atomic E-state index is 12.4. The standard InChI is InChI=1S/C15H22Cl2N2OS.ClH/c1-10(18)12-6-2-3-8-19(12)14(20)7-4-5-11-9-13(16)21-15(11)17;/h9-10,12H,2-8,18H2,1H3;1H. The van der Waals surface area contributed by atoms with Gasteiger partial charge in [0.2, 0.25) is 5.91 Å². The average molecular weight is 386 g/mol. The predicted octanol–water partition coefficient (Wildman–Crippen LogP) is 4.53. The van der Waals surface area contributed by atoms with Crippen LogP contribution in [-0.2, 0) is 11.2 Å². The molecule has 1 aromatic heterocycles. The maximum Gasteiger partial charge on any atom is 0.222 e. The number of hydrogen-bond donors (Lipinski definition) is 1. The molecule has 1 fully saturated rings. The molecule has 0 aliphatic carbocycles. The van der Waals surface area contributed by atoms with Gasteiger partial charge in [-0.3, -0.25) is 4.79 Å². The molecule has 2 N–H and O–H groups in total. The highest BCUT2D eigenvalue weighted by atomic mass is 35.5. The topological polar surface area (TPSA) is 46.3 Å². The molecule has 2 atom stereocenters. The first kappa shape index (κ1) is 20.0. The van der Waals surface area contributed by atoms with E-state index in [1.54, 1.807) is 0 Å². The minimum atomic E-state index is 0. The summed E-state index contributed by atoms with van der Waals surface area (Å²) in [6.07, 6.45) is 5.42. The van der Waals surface area contributed by atoms with Crippen molar-refractivity contribution in [3.8, 4) is 0 Å². The number of nitrogens with zero attached hydrogens (tertiary/aromatic N) is 1. The molecule has 1 aliphatic heterocycles. The monoisotopic (exact) mass is 384 g/mol. The lowest BCUT2D eigenvalue weighted by Crippen LogP contribution is -2.51. The fourth-order valence-corrected chi connectivity index (χ4v) is 4.48. The van der Waals surface area contributed by atoms with Crippen LogP contribution >= 0.6 is 46.9 Å². The van der Waals surface area contributed by atoms with Crippen LogP contribution in [0.2, 0.25) is 8.67 Å². The van der Waals surface area contributed by atoms with Crippen molar-refractivity contribution in [2.45, 2.75) is 57.5 Å². The summed E-state index contributed by atoms with van der Waals surface area (Å²) < 4.78 is 1.44. The molecule has 0 bridgehead atoms. The minimum Gasteiger partial charge on any atom is -0.338 e. The number of carbonyl (C=O) groups excluding carboxylic acids is 1. The molecule has 1 aliphatic rings. The Labute approximate surface area is 152 Å². The molecule has 2 heterocycles. The molecular formula is C15H23Cl3N2OS. The fraction of sp³-hybridized carbons (Fsp3) is 0.667. The van der Waals surface area contributed by atoms with Gasteiger partial charge in [-0.15, -0.1) is 23.7 Å². The molecule has 3 nitrogen and oxygen atoms in total. The minimum absolute atomic E-state index is 0. The molecule has 22 heavy (non-hydrogen) atoms. The van der Waals surface area contributed by atoms with E-state index in [-0.39, 0.29) is 30.4 Å². The van der Waals surface area contributed by atoms with Crippen LogP contribution in [0.15, 0.2) is 6.07 Å². The third-order valence-electron chi connectivity index (χ3n) is 4.04. The molecule has 0 spiro atoms. The second-order valence-electron chi connectivity index (χ2n) is 5.71. The molecule has 126 valence electrons. The van der Waals surface area contributed by atoms with Crippen molar-refractivity contribution in [3.63, 3.8) is 0 Å². The van der Waals surface area contributed by atoms with Crippen molar-refractivity contribution < 1.29 is 4.79 Å². The number of rotatable bonds is 5. The molecule has 2 unspecified atom stereocenters. The third kappa shape index (κ3) is 5.27. The van der Waals surface area contributed by atoms with Crippen LogP contribution in [0.5, 0.6) is 0 Å². The van der Waals surface area contributed by atoms with Gasteiger partial charge in [0.1, 0.15) is 0 Å². The zero-order chi connectivity index (χ0) is 15.4. The van der Waals surface area contributed by atoms with Crippen LogP contribution in [-0.4, -0.2) is 29.4 Å². The second-order valence-corrected chi connectivity index (χ2v) is 8.00. The van der Waals surface area contributed by atoms with Gasteiger partial charge in [0.05, 0.1) is 8.67 Å². The van der Waals surface area contributed by atoms with Gasteiger partial charge >= 0.3 is 0 Å². The lowest BCUT2D eigenvalue weighted by Gasteiger charge is -2.38. The van der Waals surface area contributed by atoms with E-state index >= 15 is 0 Å². The smallest absolute Gasteiger partial charge is 0.222 e. The first-order chi connectivity index (χ1) is 9.99. The normalized spacial score (nSPS) is 19.6. The zero-order valence-corrected chi connectivity index (χ0v) is 15.8. The Bertz CT molecular complexity index is 493. The largest absolute Gasteiger partial charge is 0.338 e. The lowest BCUT2D eigenvalue weighted by atomic mass is 9.96. The Morgan fingerprint density at radius 2 is 2.23 bits per heavy atom. The van der Waals surface area contributed by atoms with Crippen LogP contribution in [0.1, 0.15) is 44.6 Å². The van der Waals surface area contributed by atoms with E-state index in [4.69, 9.17) is 28.9 Å². The molecule has 7 heteroatoms. The summed E-state index contributed by atoms with van der Waals surface area (Å²) in [5.41, 5.74) is 7.06. The number of likely N-dealkylation sites (tertiary alicyclic amines) is 1. The quantitative estimate of drug-likeness (QED) is 0.809. The maximum atomic E-state index is 12.4. The van der Waals surface area contributed by atoms with Crippen molar-refractivity contribution in [2.24, 2.45) is 5.73 Å². The molecule has 1 saturated heterocycles. The number of amides is 1. The lowest BCUT2D eigenvalue weighted by molar-refractivity contribution is -0.135. The van der Waals surface area contributed by atoms with E-state index in [2.05, 4.69) is 0 Å². The SMILES string of the molecule is CC(N)C1CCCCN1C(=O)CCCc1cc(Cl)sc1Cl.Cl. The van der Waals surface area contributed by atoms with Gasteiger partial charge in [0, 0.05) is 25.0 Å². The number of piperidine rings is 1. The van der Waals surface area contributed by atoms with Crippen molar-refractivity contribution in [2.75, 3.05) is 6.54 Å².